The molecule has 0 aliphatic carbocycles. The SMILES string of the molecule is CC1CCC(=O)N(CCO)C1. The largest absolute Gasteiger partial charge is 0.395 e. The minimum Gasteiger partial charge on any atom is -0.395 e. The Morgan fingerprint density at radius 1 is 1.73 bits per heavy atom. The molecular formula is C8H15NO2. The normalized spacial score (nSPS) is 25.8. The van der Waals surface area contributed by atoms with E-state index in [0.29, 0.717) is 18.9 Å². The average molecular weight is 157 g/mol. The Morgan fingerprint density at radius 3 is 3.09 bits per heavy atom. The number of likely N-dealkylation sites (tertiary alicyclic amines) is 1. The lowest BCUT2D eigenvalue weighted by atomic mass is 10.00. The number of aliphatic hydroxyl groups excluding tert-OH is 1. The van der Waals surface area contributed by atoms with Crippen molar-refractivity contribution in [2.24, 2.45) is 5.92 Å². The summed E-state index contributed by atoms with van der Waals surface area (Å²) in [6.45, 7) is 3.54. The number of rotatable bonds is 2. The van der Waals surface area contributed by atoms with E-state index in [2.05, 4.69) is 6.92 Å². The molecule has 0 aromatic heterocycles. The van der Waals surface area contributed by atoms with Crippen LogP contribution in [0.5, 0.6) is 0 Å². The zero-order valence-electron chi connectivity index (χ0n) is 6.92. The molecule has 1 unspecified atom stereocenters. The zero-order chi connectivity index (χ0) is 8.27. The summed E-state index contributed by atoms with van der Waals surface area (Å²) in [5.41, 5.74) is 0. The summed E-state index contributed by atoms with van der Waals surface area (Å²) < 4.78 is 0. The van der Waals surface area contributed by atoms with Gasteiger partial charge in [-0.15, -0.1) is 0 Å². The molecule has 0 radical (unpaired) electrons. The van der Waals surface area contributed by atoms with Crippen LogP contribution in [0.3, 0.4) is 0 Å². The molecule has 11 heavy (non-hydrogen) atoms. The molecule has 1 heterocycles. The number of nitrogens with zero attached hydrogens (tertiary/aromatic N) is 1. The van der Waals surface area contributed by atoms with E-state index in [0.717, 1.165) is 13.0 Å². The predicted molar refractivity (Wildman–Crippen MR) is 42.1 cm³/mol. The molecule has 1 fully saturated rings. The molecule has 1 saturated heterocycles. The second kappa shape index (κ2) is 3.72. The number of amides is 1. The van der Waals surface area contributed by atoms with E-state index in [1.165, 1.54) is 0 Å². The van der Waals surface area contributed by atoms with E-state index in [1.807, 2.05) is 0 Å². The third kappa shape index (κ3) is 2.19. The molecule has 64 valence electrons. The second-order valence-electron chi connectivity index (χ2n) is 3.21. The maximum absolute atomic E-state index is 11.1. The summed E-state index contributed by atoms with van der Waals surface area (Å²) in [7, 11) is 0. The minimum atomic E-state index is 0.0818. The fourth-order valence-corrected chi connectivity index (χ4v) is 1.43. The van der Waals surface area contributed by atoms with Gasteiger partial charge in [0.15, 0.2) is 0 Å². The summed E-state index contributed by atoms with van der Waals surface area (Å²) in [6.07, 6.45) is 1.65. The number of piperidine rings is 1. The fraction of sp³-hybridized carbons (Fsp3) is 0.875. The lowest BCUT2D eigenvalue weighted by Crippen LogP contribution is -2.40. The van der Waals surface area contributed by atoms with Gasteiger partial charge in [0, 0.05) is 19.5 Å². The van der Waals surface area contributed by atoms with Crippen LogP contribution in [0.1, 0.15) is 19.8 Å². The van der Waals surface area contributed by atoms with Crippen LogP contribution >= 0.6 is 0 Å². The van der Waals surface area contributed by atoms with E-state index in [4.69, 9.17) is 5.11 Å². The van der Waals surface area contributed by atoms with Gasteiger partial charge < -0.3 is 10.0 Å². The number of carbonyl (C=O) groups excluding carboxylic acids is 1. The first-order chi connectivity index (χ1) is 5.24. The van der Waals surface area contributed by atoms with Crippen LogP contribution in [-0.2, 0) is 4.79 Å². The highest BCUT2D eigenvalue weighted by Gasteiger charge is 2.21. The van der Waals surface area contributed by atoms with Gasteiger partial charge in [-0.2, -0.15) is 0 Å². The number of β-amino-alcohol motifs (C(OH)–C–C–N with tert-alkyl or cyclic N) is 1. The van der Waals surface area contributed by atoms with E-state index in [-0.39, 0.29) is 12.5 Å². The summed E-state index contributed by atoms with van der Waals surface area (Å²) >= 11 is 0. The molecule has 0 saturated carbocycles. The van der Waals surface area contributed by atoms with Gasteiger partial charge in [-0.1, -0.05) is 6.92 Å². The molecule has 1 N–H and O–H groups in total. The Hall–Kier alpha value is -0.570. The predicted octanol–water partition coefficient (Wildman–Crippen LogP) is 0.237. The number of hydrogen-bond donors (Lipinski definition) is 1. The van der Waals surface area contributed by atoms with Gasteiger partial charge in [-0.3, -0.25) is 4.79 Å². The van der Waals surface area contributed by atoms with Gasteiger partial charge in [0.25, 0.3) is 0 Å². The van der Waals surface area contributed by atoms with Crippen LogP contribution in [0.15, 0.2) is 0 Å². The van der Waals surface area contributed by atoms with Gasteiger partial charge in [-0.25, -0.2) is 0 Å². The van der Waals surface area contributed by atoms with E-state index in [1.54, 1.807) is 4.90 Å². The van der Waals surface area contributed by atoms with Crippen LogP contribution in [0, 0.1) is 5.92 Å². The van der Waals surface area contributed by atoms with Crippen molar-refractivity contribution in [2.75, 3.05) is 19.7 Å². The highest BCUT2D eigenvalue weighted by Crippen LogP contribution is 2.15. The summed E-state index contributed by atoms with van der Waals surface area (Å²) in [4.78, 5) is 12.9. The topological polar surface area (TPSA) is 40.5 Å². The molecule has 0 aromatic rings. The van der Waals surface area contributed by atoms with Crippen molar-refractivity contribution in [2.45, 2.75) is 19.8 Å². The lowest BCUT2D eigenvalue weighted by Gasteiger charge is -2.30. The van der Waals surface area contributed by atoms with Crippen LogP contribution in [-0.4, -0.2) is 35.6 Å². The third-order valence-corrected chi connectivity index (χ3v) is 2.11. The zero-order valence-corrected chi connectivity index (χ0v) is 6.92. The highest BCUT2D eigenvalue weighted by molar-refractivity contribution is 5.76. The molecule has 1 aliphatic heterocycles. The maximum Gasteiger partial charge on any atom is 0.222 e. The van der Waals surface area contributed by atoms with E-state index < -0.39 is 0 Å². The second-order valence-corrected chi connectivity index (χ2v) is 3.21. The molecule has 0 spiro atoms. The van der Waals surface area contributed by atoms with Crippen molar-refractivity contribution in [1.82, 2.24) is 4.90 Å². The Labute approximate surface area is 67.0 Å². The molecule has 1 aliphatic rings. The quantitative estimate of drug-likeness (QED) is 0.623. The van der Waals surface area contributed by atoms with Crippen LogP contribution in [0.4, 0.5) is 0 Å². The monoisotopic (exact) mass is 157 g/mol. The van der Waals surface area contributed by atoms with E-state index >= 15 is 0 Å². The van der Waals surface area contributed by atoms with Crippen molar-refractivity contribution < 1.29 is 9.90 Å². The first kappa shape index (κ1) is 8.53. The summed E-state index contributed by atoms with van der Waals surface area (Å²) in [6, 6.07) is 0. The van der Waals surface area contributed by atoms with Crippen molar-refractivity contribution in [1.29, 1.82) is 0 Å². The average Bonchev–Trinajstić information content (AvgIpc) is 1.98. The number of hydrogen-bond acceptors (Lipinski definition) is 2. The van der Waals surface area contributed by atoms with Crippen LogP contribution < -0.4 is 0 Å². The first-order valence-electron chi connectivity index (χ1n) is 4.12. The molecule has 1 amide bonds. The van der Waals surface area contributed by atoms with Crippen LogP contribution in [0.2, 0.25) is 0 Å². The Morgan fingerprint density at radius 2 is 2.45 bits per heavy atom. The van der Waals surface area contributed by atoms with Crippen molar-refractivity contribution in [3.63, 3.8) is 0 Å². The summed E-state index contributed by atoms with van der Waals surface area (Å²) in [5, 5.41) is 8.63. The Balaban J connectivity index is 2.40. The lowest BCUT2D eigenvalue weighted by molar-refractivity contribution is -0.135. The molecular weight excluding hydrogens is 142 g/mol. The Kier molecular flexibility index (Phi) is 2.88. The Bertz CT molecular complexity index is 147. The molecule has 1 atom stereocenters. The third-order valence-electron chi connectivity index (χ3n) is 2.11. The van der Waals surface area contributed by atoms with E-state index in [9.17, 15) is 4.79 Å². The standard InChI is InChI=1S/C8H15NO2/c1-7-2-3-8(11)9(6-7)4-5-10/h7,10H,2-6H2,1H3. The molecule has 0 bridgehead atoms. The fourth-order valence-electron chi connectivity index (χ4n) is 1.43. The van der Waals surface area contributed by atoms with Crippen molar-refractivity contribution in [3.05, 3.63) is 0 Å². The van der Waals surface area contributed by atoms with Gasteiger partial charge in [0.2, 0.25) is 5.91 Å². The summed E-state index contributed by atoms with van der Waals surface area (Å²) in [5.74, 6) is 0.788. The molecule has 3 nitrogen and oxygen atoms in total. The maximum atomic E-state index is 11.1. The van der Waals surface area contributed by atoms with Gasteiger partial charge in [0.1, 0.15) is 0 Å². The molecule has 0 aromatic carbocycles. The van der Waals surface area contributed by atoms with Crippen molar-refractivity contribution >= 4 is 5.91 Å². The number of aliphatic hydroxyl groups is 1. The molecule has 1 rings (SSSR count). The smallest absolute Gasteiger partial charge is 0.222 e. The van der Waals surface area contributed by atoms with Gasteiger partial charge in [-0.05, 0) is 12.3 Å². The van der Waals surface area contributed by atoms with Crippen molar-refractivity contribution in [3.8, 4) is 0 Å². The highest BCUT2D eigenvalue weighted by atomic mass is 16.3. The molecule has 3 heteroatoms. The first-order valence-corrected chi connectivity index (χ1v) is 4.12. The van der Waals surface area contributed by atoms with Gasteiger partial charge in [0.05, 0.1) is 6.61 Å². The number of carbonyl (C=O) groups is 1. The van der Waals surface area contributed by atoms with Gasteiger partial charge >= 0.3 is 0 Å². The van der Waals surface area contributed by atoms with Crippen LogP contribution in [0.25, 0.3) is 0 Å². The minimum absolute atomic E-state index is 0.0818.